The largest absolute Gasteiger partial charge is 0.297 e. The van der Waals surface area contributed by atoms with Crippen LogP contribution in [0.1, 0.15) is 60.0 Å². The van der Waals surface area contributed by atoms with Gasteiger partial charge in [0, 0.05) is 48.5 Å². The van der Waals surface area contributed by atoms with Crippen LogP contribution < -0.4 is 0 Å². The molecule has 1 unspecified atom stereocenters. The van der Waals surface area contributed by atoms with E-state index < -0.39 is 32.0 Å². The number of rotatable bonds is 5. The van der Waals surface area contributed by atoms with E-state index in [1.54, 1.807) is 66.7 Å². The van der Waals surface area contributed by atoms with Crippen LogP contribution >= 0.6 is 36.4 Å². The zero-order valence-corrected chi connectivity index (χ0v) is 21.3. The minimum absolute atomic E-state index is 0. The van der Waals surface area contributed by atoms with Gasteiger partial charge in [0.1, 0.15) is 0 Å². The van der Waals surface area contributed by atoms with E-state index >= 15 is 0 Å². The highest BCUT2D eigenvalue weighted by Crippen LogP contribution is 2.30. The summed E-state index contributed by atoms with van der Waals surface area (Å²) in [5.41, 5.74) is 2.42. The Kier molecular flexibility index (Phi) is 6.61. The molecule has 3 aromatic rings. The second-order valence-corrected chi connectivity index (χ2v) is 9.15. The Morgan fingerprint density at radius 2 is 1.33 bits per heavy atom. The number of nitrogens with zero attached hydrogens (tertiary/aromatic N) is 2. The Balaban J connectivity index is 0.00000294. The fraction of sp³-hybridized carbons (Fsp3) is 0.357. The van der Waals surface area contributed by atoms with E-state index in [0.29, 0.717) is 31.5 Å². The predicted octanol–water partition coefficient (Wildman–Crippen LogP) is 7.39. The molecule has 0 aromatic heterocycles. The summed E-state index contributed by atoms with van der Waals surface area (Å²) in [4.78, 5) is 1.38. The van der Waals surface area contributed by atoms with Crippen molar-refractivity contribution in [2.24, 2.45) is 0 Å². The molecule has 1 aliphatic rings. The molecule has 4 rings (SSSR count). The molecule has 5 heteroatoms. The smallest absolute Gasteiger partial charge is 0.0602 e. The lowest BCUT2D eigenvalue weighted by Gasteiger charge is -2.40. The average molecular weight is 514 g/mol. The van der Waals surface area contributed by atoms with Crippen LogP contribution in [0, 0.1) is 0 Å². The molecule has 0 N–H and O–H groups in total. The molecule has 0 aliphatic carbocycles. The SMILES string of the molecule is Cl.Cl.[2H]C1([2H])N(Cc2ccc(C(C)(C)C)cc2)C([2H])([2H])C([2H])([2H])N(C(c2ccccc2)c2ccc(Cl)cc2)C1([2H])[2H]. The van der Waals surface area contributed by atoms with Gasteiger partial charge in [-0.1, -0.05) is 99.1 Å². The second-order valence-electron chi connectivity index (χ2n) is 8.72. The molecule has 1 atom stereocenters. The summed E-state index contributed by atoms with van der Waals surface area (Å²) >= 11 is 6.09. The third-order valence-electron chi connectivity index (χ3n) is 5.33. The highest BCUT2D eigenvalue weighted by Gasteiger charge is 2.26. The Bertz CT molecular complexity index is 1270. The molecule has 3 aromatic carbocycles. The third kappa shape index (κ3) is 7.21. The number of benzene rings is 3. The van der Waals surface area contributed by atoms with E-state index in [-0.39, 0.29) is 36.8 Å². The van der Waals surface area contributed by atoms with Crippen LogP contribution in [0.3, 0.4) is 0 Å². The first kappa shape index (κ1) is 17.8. The van der Waals surface area contributed by atoms with Gasteiger partial charge in [-0.25, -0.2) is 0 Å². The van der Waals surface area contributed by atoms with Gasteiger partial charge in [0.05, 0.1) is 6.04 Å². The van der Waals surface area contributed by atoms with Crippen LogP contribution in [0.4, 0.5) is 0 Å². The van der Waals surface area contributed by atoms with Gasteiger partial charge in [-0.15, -0.1) is 24.8 Å². The highest BCUT2D eigenvalue weighted by molar-refractivity contribution is 6.30. The van der Waals surface area contributed by atoms with Crippen LogP contribution in [0.15, 0.2) is 78.9 Å². The first-order valence-corrected chi connectivity index (χ1v) is 10.8. The lowest BCUT2D eigenvalue weighted by Crippen LogP contribution is -2.47. The van der Waals surface area contributed by atoms with Gasteiger partial charge in [0.25, 0.3) is 0 Å². The molecule has 0 amide bonds. The third-order valence-corrected chi connectivity index (χ3v) is 5.58. The van der Waals surface area contributed by atoms with Crippen molar-refractivity contribution in [3.63, 3.8) is 0 Å². The summed E-state index contributed by atoms with van der Waals surface area (Å²) in [5.74, 6) is 0. The van der Waals surface area contributed by atoms with Crippen LogP contribution in [-0.2, 0) is 12.0 Å². The molecule has 1 saturated heterocycles. The Hall–Kier alpha value is -1.55. The molecule has 1 heterocycles. The van der Waals surface area contributed by atoms with Gasteiger partial charge in [-0.2, -0.15) is 0 Å². The standard InChI is InChI=1S/C28H33ClN2.2ClH/c1-28(2,3)25-13-9-22(10-14-25)21-30-17-19-31(20-18-30)27(23-7-5-4-6-8-23)24-11-15-26(29)16-12-24;;/h4-16,27H,17-21H2,1-3H3;2*1H/i17D2,18D2,19D2,20D2;;. The van der Waals surface area contributed by atoms with Crippen LogP contribution in [0.2, 0.25) is 5.02 Å². The van der Waals surface area contributed by atoms with Crippen LogP contribution in [0.5, 0.6) is 0 Å². The van der Waals surface area contributed by atoms with Gasteiger partial charge in [-0.3, -0.25) is 9.80 Å². The molecule has 0 bridgehead atoms. The van der Waals surface area contributed by atoms with E-state index in [4.69, 9.17) is 22.6 Å². The van der Waals surface area contributed by atoms with E-state index in [1.165, 1.54) is 0 Å². The quantitative estimate of drug-likeness (QED) is 0.351. The van der Waals surface area contributed by atoms with Gasteiger partial charge >= 0.3 is 0 Å². The molecular formula is C28H35Cl3N2. The molecule has 33 heavy (non-hydrogen) atoms. The second kappa shape index (κ2) is 12.2. The first-order chi connectivity index (χ1) is 17.9. The normalized spacial score (nSPS) is 25.6. The molecule has 1 fully saturated rings. The molecule has 0 spiro atoms. The summed E-state index contributed by atoms with van der Waals surface area (Å²) in [6, 6.07) is 21.2. The molecule has 0 saturated carbocycles. The topological polar surface area (TPSA) is 6.48 Å². The summed E-state index contributed by atoms with van der Waals surface area (Å²) in [7, 11) is 0. The van der Waals surface area contributed by atoms with Crippen molar-refractivity contribution in [2.45, 2.75) is 38.8 Å². The fourth-order valence-electron chi connectivity index (χ4n) is 3.56. The Labute approximate surface area is 228 Å². The number of halogens is 3. The maximum Gasteiger partial charge on any atom is 0.0602 e. The Morgan fingerprint density at radius 3 is 1.88 bits per heavy atom. The zero-order valence-electron chi connectivity index (χ0n) is 26.9. The minimum Gasteiger partial charge on any atom is -0.297 e. The monoisotopic (exact) mass is 512 g/mol. The number of hydrogen-bond donors (Lipinski definition) is 0. The summed E-state index contributed by atoms with van der Waals surface area (Å²) < 4.78 is 71.9. The van der Waals surface area contributed by atoms with Gasteiger partial charge in [0.15, 0.2) is 0 Å². The molecule has 0 radical (unpaired) electrons. The van der Waals surface area contributed by atoms with Gasteiger partial charge in [0.2, 0.25) is 0 Å². The number of piperazine rings is 1. The maximum atomic E-state index is 9.05. The van der Waals surface area contributed by atoms with Gasteiger partial charge < -0.3 is 0 Å². The molecule has 178 valence electrons. The van der Waals surface area contributed by atoms with E-state index in [9.17, 15) is 0 Å². The summed E-state index contributed by atoms with van der Waals surface area (Å²) in [6.45, 7) is -5.92. The molecule has 1 aliphatic heterocycles. The maximum absolute atomic E-state index is 9.05. The van der Waals surface area contributed by atoms with Crippen molar-refractivity contribution in [1.29, 1.82) is 0 Å². The molecular weight excluding hydrogens is 471 g/mol. The first-order valence-electron chi connectivity index (χ1n) is 14.4. The van der Waals surface area contributed by atoms with E-state index in [1.807, 2.05) is 12.1 Å². The lowest BCUT2D eigenvalue weighted by atomic mass is 9.87. The summed E-state index contributed by atoms with van der Waals surface area (Å²) in [6.07, 6.45) is 0. The van der Waals surface area contributed by atoms with Crippen molar-refractivity contribution in [1.82, 2.24) is 9.80 Å². The average Bonchev–Trinajstić information content (AvgIpc) is 2.85. The number of hydrogen-bond acceptors (Lipinski definition) is 2. The van der Waals surface area contributed by atoms with Crippen molar-refractivity contribution in [3.8, 4) is 0 Å². The van der Waals surface area contributed by atoms with Crippen molar-refractivity contribution < 1.29 is 11.0 Å². The van der Waals surface area contributed by atoms with E-state index in [2.05, 4.69) is 20.8 Å². The van der Waals surface area contributed by atoms with Crippen LogP contribution in [-0.4, -0.2) is 35.8 Å². The van der Waals surface area contributed by atoms with Crippen molar-refractivity contribution in [2.75, 3.05) is 26.0 Å². The highest BCUT2D eigenvalue weighted by atomic mass is 35.5. The van der Waals surface area contributed by atoms with Crippen molar-refractivity contribution in [3.05, 3.63) is 106 Å². The zero-order chi connectivity index (χ0) is 29.0. The fourth-order valence-corrected chi connectivity index (χ4v) is 3.68. The van der Waals surface area contributed by atoms with E-state index in [0.717, 1.165) is 5.56 Å². The van der Waals surface area contributed by atoms with Crippen LogP contribution in [0.25, 0.3) is 0 Å². The predicted molar refractivity (Wildman–Crippen MR) is 146 cm³/mol. The lowest BCUT2D eigenvalue weighted by molar-refractivity contribution is 0.105. The Morgan fingerprint density at radius 1 is 0.788 bits per heavy atom. The molecule has 2 nitrogen and oxygen atoms in total. The minimum atomic E-state index is -2.96. The summed E-state index contributed by atoms with van der Waals surface area (Å²) in [5, 5.41) is 0.435. The van der Waals surface area contributed by atoms with Gasteiger partial charge in [-0.05, 0) is 39.8 Å². The van der Waals surface area contributed by atoms with Crippen molar-refractivity contribution >= 4 is 36.4 Å².